The monoisotopic (exact) mass is 358 g/mol. The van der Waals surface area contributed by atoms with Crippen molar-refractivity contribution in [3.8, 4) is 0 Å². The second-order valence-corrected chi connectivity index (χ2v) is 6.53. The summed E-state index contributed by atoms with van der Waals surface area (Å²) in [6.45, 7) is 4.42. The normalized spacial score (nSPS) is 10.3. The molecule has 0 aromatic heterocycles. The van der Waals surface area contributed by atoms with Crippen LogP contribution in [0.25, 0.3) is 0 Å². The first-order valence-corrected chi connectivity index (χ1v) is 8.84. The van der Waals surface area contributed by atoms with Gasteiger partial charge < -0.3 is 10.6 Å². The van der Waals surface area contributed by atoms with E-state index in [1.165, 1.54) is 5.56 Å². The Morgan fingerprint density at radius 2 is 1.33 bits per heavy atom. The third-order valence-corrected chi connectivity index (χ3v) is 4.31. The zero-order chi connectivity index (χ0) is 19.2. The number of amides is 2. The molecule has 0 spiro atoms. The van der Waals surface area contributed by atoms with Gasteiger partial charge in [0.1, 0.15) is 0 Å². The Morgan fingerprint density at radius 3 is 2.00 bits per heavy atom. The van der Waals surface area contributed by atoms with E-state index in [0.717, 1.165) is 11.1 Å². The van der Waals surface area contributed by atoms with Gasteiger partial charge in [-0.3, -0.25) is 9.59 Å². The van der Waals surface area contributed by atoms with Crippen LogP contribution in [0.15, 0.2) is 72.8 Å². The second kappa shape index (κ2) is 8.32. The van der Waals surface area contributed by atoms with Gasteiger partial charge in [-0.15, -0.1) is 0 Å². The summed E-state index contributed by atoms with van der Waals surface area (Å²) in [5.74, 6) is -0.468. The number of anilines is 1. The van der Waals surface area contributed by atoms with Gasteiger partial charge in [0.15, 0.2) is 0 Å². The Balaban J connectivity index is 1.70. The maximum absolute atomic E-state index is 12.6. The Morgan fingerprint density at radius 1 is 0.741 bits per heavy atom. The molecule has 27 heavy (non-hydrogen) atoms. The Kier molecular flexibility index (Phi) is 5.67. The predicted molar refractivity (Wildman–Crippen MR) is 108 cm³/mol. The Bertz CT molecular complexity index is 945. The Hall–Kier alpha value is -3.40. The maximum atomic E-state index is 12.6. The van der Waals surface area contributed by atoms with Crippen LogP contribution in [-0.2, 0) is 6.54 Å². The van der Waals surface area contributed by atoms with Crippen LogP contribution in [0.1, 0.15) is 37.4 Å². The summed E-state index contributed by atoms with van der Waals surface area (Å²) < 4.78 is 0. The van der Waals surface area contributed by atoms with Crippen LogP contribution in [0.3, 0.4) is 0 Å². The number of nitrogens with one attached hydrogen (secondary N) is 2. The van der Waals surface area contributed by atoms with Gasteiger partial charge in [0.05, 0.1) is 11.3 Å². The van der Waals surface area contributed by atoms with Crippen molar-refractivity contribution in [2.75, 3.05) is 5.32 Å². The van der Waals surface area contributed by atoms with Crippen LogP contribution in [-0.4, -0.2) is 11.8 Å². The zero-order valence-corrected chi connectivity index (χ0v) is 15.5. The van der Waals surface area contributed by atoms with Crippen LogP contribution in [0, 0.1) is 13.8 Å². The lowest BCUT2D eigenvalue weighted by molar-refractivity contribution is 0.0952. The van der Waals surface area contributed by atoms with Crippen molar-refractivity contribution < 1.29 is 9.59 Å². The van der Waals surface area contributed by atoms with Gasteiger partial charge in [-0.2, -0.15) is 0 Å². The van der Waals surface area contributed by atoms with E-state index in [0.29, 0.717) is 23.4 Å². The van der Waals surface area contributed by atoms with Gasteiger partial charge in [-0.25, -0.2) is 0 Å². The number of rotatable bonds is 5. The summed E-state index contributed by atoms with van der Waals surface area (Å²) in [5, 5.41) is 5.74. The van der Waals surface area contributed by atoms with Crippen LogP contribution >= 0.6 is 0 Å². The molecule has 3 aromatic rings. The van der Waals surface area contributed by atoms with Crippen molar-refractivity contribution in [3.05, 3.63) is 101 Å². The number of hydrogen-bond donors (Lipinski definition) is 2. The van der Waals surface area contributed by atoms with E-state index in [1.54, 1.807) is 36.4 Å². The van der Waals surface area contributed by atoms with Crippen molar-refractivity contribution in [2.24, 2.45) is 0 Å². The molecule has 0 unspecified atom stereocenters. The first-order valence-electron chi connectivity index (χ1n) is 8.84. The number of carbonyl (C=O) groups excluding carboxylic acids is 2. The van der Waals surface area contributed by atoms with E-state index in [2.05, 4.69) is 10.6 Å². The number of benzene rings is 3. The SMILES string of the molecule is Cc1ccc(CNC(=O)c2ccccc2NC(=O)c2ccc(C)cc2)cc1. The first kappa shape index (κ1) is 18.4. The molecule has 136 valence electrons. The largest absolute Gasteiger partial charge is 0.348 e. The van der Waals surface area contributed by atoms with Crippen molar-refractivity contribution in [1.29, 1.82) is 0 Å². The summed E-state index contributed by atoms with van der Waals surface area (Å²) in [5.41, 5.74) is 4.76. The standard InChI is InChI=1S/C23H22N2O2/c1-16-7-11-18(12-8-16)15-24-23(27)20-5-3-4-6-21(20)25-22(26)19-13-9-17(2)10-14-19/h3-14H,15H2,1-2H3,(H,24,27)(H,25,26). The third-order valence-electron chi connectivity index (χ3n) is 4.31. The van der Waals surface area contributed by atoms with Crippen molar-refractivity contribution in [3.63, 3.8) is 0 Å². The first-order chi connectivity index (χ1) is 13.0. The molecule has 3 rings (SSSR count). The van der Waals surface area contributed by atoms with E-state index in [9.17, 15) is 9.59 Å². The molecule has 0 aliphatic heterocycles. The highest BCUT2D eigenvalue weighted by Gasteiger charge is 2.14. The minimum Gasteiger partial charge on any atom is -0.348 e. The molecule has 0 fully saturated rings. The van der Waals surface area contributed by atoms with E-state index >= 15 is 0 Å². The van der Waals surface area contributed by atoms with E-state index < -0.39 is 0 Å². The molecule has 0 aliphatic carbocycles. The molecule has 0 atom stereocenters. The molecule has 3 aromatic carbocycles. The van der Waals surface area contributed by atoms with E-state index in [1.807, 2.05) is 50.2 Å². The van der Waals surface area contributed by atoms with E-state index in [4.69, 9.17) is 0 Å². The van der Waals surface area contributed by atoms with Gasteiger partial charge in [-0.1, -0.05) is 59.7 Å². The highest BCUT2D eigenvalue weighted by atomic mass is 16.2. The molecular weight excluding hydrogens is 336 g/mol. The fourth-order valence-corrected chi connectivity index (χ4v) is 2.67. The lowest BCUT2D eigenvalue weighted by Crippen LogP contribution is -2.24. The maximum Gasteiger partial charge on any atom is 0.255 e. The second-order valence-electron chi connectivity index (χ2n) is 6.53. The van der Waals surface area contributed by atoms with Crippen LogP contribution < -0.4 is 10.6 Å². The van der Waals surface area contributed by atoms with E-state index in [-0.39, 0.29) is 11.8 Å². The summed E-state index contributed by atoms with van der Waals surface area (Å²) in [7, 11) is 0. The summed E-state index contributed by atoms with van der Waals surface area (Å²) in [6, 6.07) is 22.3. The average Bonchev–Trinajstić information content (AvgIpc) is 2.68. The third kappa shape index (κ3) is 4.82. The molecule has 0 saturated heterocycles. The molecular formula is C23H22N2O2. The molecule has 0 heterocycles. The highest BCUT2D eigenvalue weighted by Crippen LogP contribution is 2.17. The number of carbonyl (C=O) groups is 2. The molecule has 2 amide bonds. The average molecular weight is 358 g/mol. The molecule has 0 aliphatic rings. The molecule has 2 N–H and O–H groups in total. The van der Waals surface area contributed by atoms with Gasteiger partial charge in [0.25, 0.3) is 11.8 Å². The fourth-order valence-electron chi connectivity index (χ4n) is 2.67. The van der Waals surface area contributed by atoms with Crippen LogP contribution in [0.2, 0.25) is 0 Å². The van der Waals surface area contributed by atoms with Crippen molar-refractivity contribution in [2.45, 2.75) is 20.4 Å². The minimum atomic E-state index is -0.242. The lowest BCUT2D eigenvalue weighted by Gasteiger charge is -2.12. The molecule has 4 nitrogen and oxygen atoms in total. The summed E-state index contributed by atoms with van der Waals surface area (Å²) >= 11 is 0. The van der Waals surface area contributed by atoms with Crippen LogP contribution in [0.4, 0.5) is 5.69 Å². The molecule has 0 bridgehead atoms. The topological polar surface area (TPSA) is 58.2 Å². The van der Waals surface area contributed by atoms with Gasteiger partial charge in [0, 0.05) is 12.1 Å². The predicted octanol–water partition coefficient (Wildman–Crippen LogP) is 4.49. The van der Waals surface area contributed by atoms with Crippen molar-refractivity contribution in [1.82, 2.24) is 5.32 Å². The zero-order valence-electron chi connectivity index (χ0n) is 15.5. The molecule has 0 radical (unpaired) electrons. The number of hydrogen-bond acceptors (Lipinski definition) is 2. The highest BCUT2D eigenvalue weighted by molar-refractivity contribution is 6.09. The van der Waals surface area contributed by atoms with Gasteiger partial charge in [0.2, 0.25) is 0 Å². The molecule has 4 heteroatoms. The van der Waals surface area contributed by atoms with Gasteiger partial charge in [-0.05, 0) is 43.7 Å². The molecule has 0 saturated carbocycles. The fraction of sp³-hybridized carbons (Fsp3) is 0.130. The Labute approximate surface area is 159 Å². The summed E-state index contributed by atoms with van der Waals surface area (Å²) in [6.07, 6.45) is 0. The minimum absolute atomic E-state index is 0.226. The summed E-state index contributed by atoms with van der Waals surface area (Å²) in [4.78, 5) is 25.1. The number of aryl methyl sites for hydroxylation is 2. The smallest absolute Gasteiger partial charge is 0.255 e. The lowest BCUT2D eigenvalue weighted by atomic mass is 10.1. The van der Waals surface area contributed by atoms with Crippen LogP contribution in [0.5, 0.6) is 0 Å². The quantitative estimate of drug-likeness (QED) is 0.706. The van der Waals surface area contributed by atoms with Crippen molar-refractivity contribution >= 4 is 17.5 Å². The van der Waals surface area contributed by atoms with Gasteiger partial charge >= 0.3 is 0 Å². The number of para-hydroxylation sites is 1.